The van der Waals surface area contributed by atoms with Crippen molar-refractivity contribution in [1.29, 1.82) is 10.5 Å². The third-order valence-corrected chi connectivity index (χ3v) is 2.12. The number of nitrogens with zero attached hydrogens (tertiary/aromatic N) is 3. The Kier molecular flexibility index (Phi) is 9.09. The Labute approximate surface area is 110 Å². The molecule has 19 heavy (non-hydrogen) atoms. The van der Waals surface area contributed by atoms with Gasteiger partial charge in [-0.05, 0) is 12.8 Å². The quantitative estimate of drug-likeness (QED) is 0.266. The first-order valence-electron chi connectivity index (χ1n) is 5.68. The van der Waals surface area contributed by atoms with Crippen LogP contribution >= 0.6 is 0 Å². The van der Waals surface area contributed by atoms with E-state index in [2.05, 4.69) is 10.5 Å². The van der Waals surface area contributed by atoms with E-state index in [1.807, 2.05) is 11.4 Å². The number of carbonyl (C=O) groups is 2. The number of amides is 3. The predicted molar refractivity (Wildman–Crippen MR) is 65.0 cm³/mol. The van der Waals surface area contributed by atoms with Gasteiger partial charge in [0.1, 0.15) is 0 Å². The number of unbranched alkanes of at least 4 members (excludes halogenated alkanes) is 3. The van der Waals surface area contributed by atoms with E-state index in [4.69, 9.17) is 15.7 Å². The van der Waals surface area contributed by atoms with Crippen molar-refractivity contribution in [3.63, 3.8) is 0 Å². The smallest absolute Gasteiger partial charge is 0.321 e. The molecule has 0 saturated carbocycles. The van der Waals surface area contributed by atoms with Crippen LogP contribution in [0.5, 0.6) is 0 Å². The van der Waals surface area contributed by atoms with Gasteiger partial charge >= 0.3 is 6.03 Å². The van der Waals surface area contributed by atoms with Crippen LogP contribution in [0.3, 0.4) is 0 Å². The lowest BCUT2D eigenvalue weighted by molar-refractivity contribution is -0.120. The van der Waals surface area contributed by atoms with Gasteiger partial charge in [0.2, 0.25) is 0 Å². The monoisotopic (exact) mass is 265 g/mol. The molecule has 0 aliphatic rings. The molecule has 0 aromatic carbocycles. The summed E-state index contributed by atoms with van der Waals surface area (Å²) in [5, 5.41) is 32.0. The van der Waals surface area contributed by atoms with E-state index in [0.717, 1.165) is 19.1 Å². The summed E-state index contributed by atoms with van der Waals surface area (Å²) in [6, 6.07) is 2.87. The van der Waals surface area contributed by atoms with Crippen LogP contribution in [-0.2, 0) is 4.79 Å². The highest BCUT2D eigenvalue weighted by Crippen LogP contribution is 1.97. The number of oxime groups is 1. The van der Waals surface area contributed by atoms with Gasteiger partial charge in [0, 0.05) is 13.0 Å². The second-order valence-electron chi connectivity index (χ2n) is 3.59. The number of nitrogens with one attached hydrogen (secondary N) is 2. The number of carbonyl (C=O) groups excluding carboxylic acids is 2. The molecule has 0 fully saturated rings. The van der Waals surface area contributed by atoms with E-state index < -0.39 is 17.9 Å². The Morgan fingerprint density at radius 3 is 2.63 bits per heavy atom. The first kappa shape index (κ1) is 16.4. The van der Waals surface area contributed by atoms with Gasteiger partial charge < -0.3 is 10.5 Å². The zero-order valence-electron chi connectivity index (χ0n) is 10.3. The standard InChI is InChI=1S/C11H15N5O3/c12-5-3-1-2-4-6-14-11(18)16-10(17)9(7-13)8-15-19/h8-9,19H,1-4,6H2,(H2,14,16,17,18)/b15-8-. The Morgan fingerprint density at radius 1 is 1.32 bits per heavy atom. The second kappa shape index (κ2) is 10.5. The van der Waals surface area contributed by atoms with Crippen LogP contribution in [0.15, 0.2) is 5.16 Å². The average Bonchev–Trinajstić information content (AvgIpc) is 2.39. The molecule has 3 amide bonds. The third-order valence-electron chi connectivity index (χ3n) is 2.12. The van der Waals surface area contributed by atoms with Crippen LogP contribution in [0, 0.1) is 28.6 Å². The van der Waals surface area contributed by atoms with E-state index in [9.17, 15) is 9.59 Å². The highest BCUT2D eigenvalue weighted by molar-refractivity contribution is 6.03. The van der Waals surface area contributed by atoms with Crippen molar-refractivity contribution in [3.05, 3.63) is 0 Å². The van der Waals surface area contributed by atoms with Crippen molar-refractivity contribution in [2.45, 2.75) is 25.7 Å². The maximum absolute atomic E-state index is 11.3. The lowest BCUT2D eigenvalue weighted by atomic mass is 10.2. The number of hydrogen-bond acceptors (Lipinski definition) is 6. The molecule has 0 aromatic heterocycles. The van der Waals surface area contributed by atoms with Gasteiger partial charge in [-0.15, -0.1) is 5.16 Å². The summed E-state index contributed by atoms with van der Waals surface area (Å²) in [5.41, 5.74) is 0. The van der Waals surface area contributed by atoms with Crippen LogP contribution < -0.4 is 10.6 Å². The van der Waals surface area contributed by atoms with E-state index in [1.165, 1.54) is 0 Å². The van der Waals surface area contributed by atoms with Gasteiger partial charge in [0.25, 0.3) is 5.91 Å². The van der Waals surface area contributed by atoms with Crippen molar-refractivity contribution in [2.24, 2.45) is 11.1 Å². The van der Waals surface area contributed by atoms with Crippen molar-refractivity contribution in [3.8, 4) is 12.1 Å². The number of nitriles is 2. The van der Waals surface area contributed by atoms with Gasteiger partial charge in [0.05, 0.1) is 18.4 Å². The molecule has 8 nitrogen and oxygen atoms in total. The molecule has 1 unspecified atom stereocenters. The molecule has 0 heterocycles. The maximum Gasteiger partial charge on any atom is 0.321 e. The Bertz CT molecular complexity index is 408. The molecule has 1 atom stereocenters. The molecule has 0 spiro atoms. The third kappa shape index (κ3) is 8.16. The minimum absolute atomic E-state index is 0.371. The first-order valence-corrected chi connectivity index (χ1v) is 5.68. The number of urea groups is 1. The summed E-state index contributed by atoms with van der Waals surface area (Å²) < 4.78 is 0. The van der Waals surface area contributed by atoms with Gasteiger partial charge in [-0.2, -0.15) is 10.5 Å². The fourth-order valence-corrected chi connectivity index (χ4v) is 1.17. The molecule has 0 aliphatic heterocycles. The van der Waals surface area contributed by atoms with Crippen molar-refractivity contribution in [1.82, 2.24) is 10.6 Å². The van der Waals surface area contributed by atoms with E-state index in [0.29, 0.717) is 19.4 Å². The van der Waals surface area contributed by atoms with Gasteiger partial charge in [0.15, 0.2) is 5.92 Å². The number of rotatable bonds is 7. The summed E-state index contributed by atoms with van der Waals surface area (Å²) in [6.07, 6.45) is 3.48. The summed E-state index contributed by atoms with van der Waals surface area (Å²) >= 11 is 0. The zero-order valence-corrected chi connectivity index (χ0v) is 10.3. The predicted octanol–water partition coefficient (Wildman–Crippen LogP) is 0.496. The van der Waals surface area contributed by atoms with E-state index in [1.54, 1.807) is 6.07 Å². The SMILES string of the molecule is N#CCCCCCNC(=O)NC(=O)C(C#N)/C=N\O. The van der Waals surface area contributed by atoms with Gasteiger partial charge in [-0.25, -0.2) is 4.79 Å². The summed E-state index contributed by atoms with van der Waals surface area (Å²) in [6.45, 7) is 0.371. The lowest BCUT2D eigenvalue weighted by Gasteiger charge is -2.07. The fourth-order valence-electron chi connectivity index (χ4n) is 1.17. The van der Waals surface area contributed by atoms with Crippen molar-refractivity contribution in [2.75, 3.05) is 6.54 Å². The molecule has 0 rings (SSSR count). The second-order valence-corrected chi connectivity index (χ2v) is 3.59. The van der Waals surface area contributed by atoms with Crippen molar-refractivity contribution < 1.29 is 14.8 Å². The summed E-state index contributed by atoms with van der Waals surface area (Å²) in [4.78, 5) is 22.6. The highest BCUT2D eigenvalue weighted by Gasteiger charge is 2.17. The van der Waals surface area contributed by atoms with Crippen LogP contribution in [0.1, 0.15) is 25.7 Å². The molecule has 3 N–H and O–H groups in total. The lowest BCUT2D eigenvalue weighted by Crippen LogP contribution is -2.42. The van der Waals surface area contributed by atoms with Gasteiger partial charge in [-0.1, -0.05) is 6.42 Å². The Morgan fingerprint density at radius 2 is 2.05 bits per heavy atom. The fraction of sp³-hybridized carbons (Fsp3) is 0.545. The summed E-state index contributed by atoms with van der Waals surface area (Å²) in [7, 11) is 0. The molecule has 0 radical (unpaired) electrons. The van der Waals surface area contributed by atoms with Crippen LogP contribution in [0.25, 0.3) is 0 Å². The minimum Gasteiger partial charge on any atom is -0.411 e. The molecule has 0 saturated heterocycles. The normalized spacial score (nSPS) is 11.3. The number of hydrogen-bond donors (Lipinski definition) is 3. The van der Waals surface area contributed by atoms with E-state index in [-0.39, 0.29) is 0 Å². The molecular formula is C11H15N5O3. The Hall–Kier alpha value is -2.61. The number of imide groups is 1. The molecule has 0 aromatic rings. The average molecular weight is 265 g/mol. The molecular weight excluding hydrogens is 250 g/mol. The van der Waals surface area contributed by atoms with Gasteiger partial charge in [-0.3, -0.25) is 10.1 Å². The minimum atomic E-state index is -1.31. The maximum atomic E-state index is 11.3. The molecule has 0 bridgehead atoms. The largest absolute Gasteiger partial charge is 0.411 e. The molecule has 8 heteroatoms. The summed E-state index contributed by atoms with van der Waals surface area (Å²) in [5.74, 6) is -2.17. The topological polar surface area (TPSA) is 138 Å². The van der Waals surface area contributed by atoms with Crippen LogP contribution in [0.4, 0.5) is 4.79 Å². The van der Waals surface area contributed by atoms with Crippen LogP contribution in [-0.4, -0.2) is 29.9 Å². The van der Waals surface area contributed by atoms with Crippen molar-refractivity contribution >= 4 is 18.2 Å². The van der Waals surface area contributed by atoms with Crippen LogP contribution in [0.2, 0.25) is 0 Å². The molecule has 102 valence electrons. The Balaban J connectivity index is 3.83. The first-order chi connectivity index (χ1) is 9.15. The molecule has 0 aliphatic carbocycles. The van der Waals surface area contributed by atoms with E-state index >= 15 is 0 Å². The highest BCUT2D eigenvalue weighted by atomic mass is 16.4. The zero-order chi connectivity index (χ0) is 14.5.